The average molecular weight is 286 g/mol. The Bertz CT molecular complexity index is 761. The van der Waals surface area contributed by atoms with Crippen molar-refractivity contribution in [3.63, 3.8) is 0 Å². The molecule has 0 radical (unpaired) electrons. The van der Waals surface area contributed by atoms with E-state index in [4.69, 9.17) is 4.52 Å². The number of nitrogens with one attached hydrogen (secondary N) is 1. The van der Waals surface area contributed by atoms with Crippen LogP contribution in [0.1, 0.15) is 6.04 Å². The Labute approximate surface area is 118 Å². The van der Waals surface area contributed by atoms with Gasteiger partial charge in [-0.05, 0) is 24.3 Å². The van der Waals surface area contributed by atoms with E-state index in [9.17, 15) is 4.39 Å². The van der Waals surface area contributed by atoms with Gasteiger partial charge < -0.3 is 9.84 Å². The van der Waals surface area contributed by atoms with Gasteiger partial charge in [0.25, 0.3) is 5.89 Å². The molecule has 7 nitrogen and oxygen atoms in total. The molecular weight excluding hydrogens is 275 g/mol. The van der Waals surface area contributed by atoms with Gasteiger partial charge in [-0.25, -0.2) is 9.07 Å². The number of nitrogens with zero attached hydrogens (tertiary/aromatic N) is 5. The molecule has 3 heterocycles. The van der Waals surface area contributed by atoms with Gasteiger partial charge in [-0.3, -0.25) is 0 Å². The van der Waals surface area contributed by atoms with Crippen LogP contribution in [0.4, 0.5) is 4.39 Å². The summed E-state index contributed by atoms with van der Waals surface area (Å²) in [4.78, 5) is 4.27. The quantitative estimate of drug-likeness (QED) is 0.781. The van der Waals surface area contributed by atoms with Crippen LogP contribution in [-0.4, -0.2) is 38.2 Å². The molecule has 0 aliphatic carbocycles. The average Bonchev–Trinajstić information content (AvgIpc) is 3.06. The molecule has 4 rings (SSSR count). The maximum atomic E-state index is 12.9. The molecular formula is C13H11FN6O. The smallest absolute Gasteiger partial charge is 0.280 e. The van der Waals surface area contributed by atoms with Gasteiger partial charge in [-0.15, -0.1) is 5.10 Å². The minimum Gasteiger partial charge on any atom is -0.332 e. The third-order valence-electron chi connectivity index (χ3n) is 3.39. The molecule has 0 atom stereocenters. The van der Waals surface area contributed by atoms with Crippen molar-refractivity contribution in [2.24, 2.45) is 0 Å². The first kappa shape index (κ1) is 12.2. The Morgan fingerprint density at radius 3 is 2.76 bits per heavy atom. The first-order valence-electron chi connectivity index (χ1n) is 6.52. The molecule has 8 heteroatoms. The molecule has 1 aromatic carbocycles. The molecule has 0 amide bonds. The van der Waals surface area contributed by atoms with E-state index in [0.29, 0.717) is 29.0 Å². The highest BCUT2D eigenvalue weighted by molar-refractivity contribution is 5.57. The van der Waals surface area contributed by atoms with E-state index < -0.39 is 0 Å². The predicted octanol–water partition coefficient (Wildman–Crippen LogP) is 1.28. The largest absolute Gasteiger partial charge is 0.332 e. The lowest BCUT2D eigenvalue weighted by atomic mass is 10.2. The Kier molecular flexibility index (Phi) is 2.74. The summed E-state index contributed by atoms with van der Waals surface area (Å²) in [5.74, 6) is 0.386. The number of hydrogen-bond acceptors (Lipinski definition) is 6. The van der Waals surface area contributed by atoms with Crippen LogP contribution in [0.3, 0.4) is 0 Å². The fourth-order valence-corrected chi connectivity index (χ4v) is 2.06. The summed E-state index contributed by atoms with van der Waals surface area (Å²) in [6.45, 7) is 1.76. The van der Waals surface area contributed by atoms with Crippen molar-refractivity contribution in [2.45, 2.75) is 6.04 Å². The Morgan fingerprint density at radius 2 is 2.05 bits per heavy atom. The summed E-state index contributed by atoms with van der Waals surface area (Å²) in [5.41, 5.74) is 1.21. The lowest BCUT2D eigenvalue weighted by molar-refractivity contribution is 0.313. The number of benzene rings is 1. The lowest BCUT2D eigenvalue weighted by Crippen LogP contribution is -2.43. The first-order valence-corrected chi connectivity index (χ1v) is 6.52. The second-order valence-electron chi connectivity index (χ2n) is 4.83. The normalized spacial score (nSPS) is 15.1. The van der Waals surface area contributed by atoms with Crippen LogP contribution in [0, 0.1) is 5.82 Å². The van der Waals surface area contributed by atoms with E-state index in [1.54, 1.807) is 23.0 Å². The standard InChI is InChI=1S/C13H11FN6O/c14-9-3-1-8(2-4-9)12-16-13(21-18-12)11-7-20(19-17-11)10-5-15-6-10/h1-4,7,10,15H,5-6H2. The molecule has 0 spiro atoms. The van der Waals surface area contributed by atoms with Crippen molar-refractivity contribution in [2.75, 3.05) is 13.1 Å². The monoisotopic (exact) mass is 286 g/mol. The lowest BCUT2D eigenvalue weighted by Gasteiger charge is -2.26. The van der Waals surface area contributed by atoms with Crippen molar-refractivity contribution in [1.29, 1.82) is 0 Å². The van der Waals surface area contributed by atoms with Crippen LogP contribution in [0.5, 0.6) is 0 Å². The predicted molar refractivity (Wildman–Crippen MR) is 70.6 cm³/mol. The minimum absolute atomic E-state index is 0.299. The van der Waals surface area contributed by atoms with Crippen LogP contribution in [-0.2, 0) is 0 Å². The van der Waals surface area contributed by atoms with Crippen LogP contribution in [0.25, 0.3) is 23.0 Å². The summed E-state index contributed by atoms with van der Waals surface area (Å²) in [7, 11) is 0. The maximum absolute atomic E-state index is 12.9. The molecule has 0 saturated carbocycles. The molecule has 1 N–H and O–H groups in total. The van der Waals surface area contributed by atoms with E-state index in [2.05, 4.69) is 25.8 Å². The summed E-state index contributed by atoms with van der Waals surface area (Å²) in [5, 5.41) is 15.1. The fourth-order valence-electron chi connectivity index (χ4n) is 2.06. The van der Waals surface area contributed by atoms with Crippen molar-refractivity contribution in [1.82, 2.24) is 30.5 Å². The van der Waals surface area contributed by atoms with Crippen molar-refractivity contribution in [3.05, 3.63) is 36.3 Å². The van der Waals surface area contributed by atoms with Gasteiger partial charge in [0, 0.05) is 18.7 Å². The number of rotatable bonds is 3. The van der Waals surface area contributed by atoms with Crippen molar-refractivity contribution < 1.29 is 8.91 Å². The van der Waals surface area contributed by atoms with E-state index in [1.807, 2.05) is 0 Å². The molecule has 2 aromatic heterocycles. The van der Waals surface area contributed by atoms with E-state index in [-0.39, 0.29) is 5.82 Å². The summed E-state index contributed by atoms with van der Waals surface area (Å²) in [6.07, 6.45) is 1.79. The number of hydrogen-bond donors (Lipinski definition) is 1. The third-order valence-corrected chi connectivity index (χ3v) is 3.39. The third kappa shape index (κ3) is 2.19. The van der Waals surface area contributed by atoms with Gasteiger partial charge in [0.2, 0.25) is 5.82 Å². The van der Waals surface area contributed by atoms with E-state index in [0.717, 1.165) is 13.1 Å². The summed E-state index contributed by atoms with van der Waals surface area (Å²) < 4.78 is 19.9. The number of aromatic nitrogens is 5. The van der Waals surface area contributed by atoms with Crippen LogP contribution < -0.4 is 5.32 Å². The summed E-state index contributed by atoms with van der Waals surface area (Å²) >= 11 is 0. The molecule has 106 valence electrons. The van der Waals surface area contributed by atoms with Gasteiger partial charge in [-0.2, -0.15) is 4.98 Å². The highest BCUT2D eigenvalue weighted by Gasteiger charge is 2.22. The molecule has 3 aromatic rings. The van der Waals surface area contributed by atoms with Crippen LogP contribution in [0.2, 0.25) is 0 Å². The van der Waals surface area contributed by atoms with Gasteiger partial charge >= 0.3 is 0 Å². The van der Waals surface area contributed by atoms with Gasteiger partial charge in [-0.1, -0.05) is 10.4 Å². The molecule has 0 bridgehead atoms. The fraction of sp³-hybridized carbons (Fsp3) is 0.231. The zero-order valence-electron chi connectivity index (χ0n) is 10.9. The molecule has 1 aliphatic rings. The number of halogens is 1. The minimum atomic E-state index is -0.306. The Hall–Kier alpha value is -2.61. The van der Waals surface area contributed by atoms with Gasteiger partial charge in [0.15, 0.2) is 5.69 Å². The SMILES string of the molecule is Fc1ccc(-c2noc(-c3cn(C4CNC4)nn3)n2)cc1. The maximum Gasteiger partial charge on any atom is 0.280 e. The zero-order valence-corrected chi connectivity index (χ0v) is 10.9. The highest BCUT2D eigenvalue weighted by atomic mass is 19.1. The van der Waals surface area contributed by atoms with Crippen molar-refractivity contribution >= 4 is 0 Å². The Morgan fingerprint density at radius 1 is 1.24 bits per heavy atom. The molecule has 1 aliphatic heterocycles. The second-order valence-corrected chi connectivity index (χ2v) is 4.83. The second kappa shape index (κ2) is 4.74. The highest BCUT2D eigenvalue weighted by Crippen LogP contribution is 2.21. The first-order chi connectivity index (χ1) is 10.3. The topological polar surface area (TPSA) is 81.7 Å². The van der Waals surface area contributed by atoms with Crippen LogP contribution in [0.15, 0.2) is 35.0 Å². The van der Waals surface area contributed by atoms with Gasteiger partial charge in [0.05, 0.1) is 12.2 Å². The van der Waals surface area contributed by atoms with E-state index >= 15 is 0 Å². The van der Waals surface area contributed by atoms with E-state index in [1.165, 1.54) is 12.1 Å². The molecule has 1 fully saturated rings. The molecule has 1 saturated heterocycles. The summed E-state index contributed by atoms with van der Waals surface area (Å²) in [6, 6.07) is 6.23. The molecule has 0 unspecified atom stereocenters. The Balaban J connectivity index is 1.61. The van der Waals surface area contributed by atoms with Gasteiger partial charge in [0.1, 0.15) is 5.82 Å². The zero-order chi connectivity index (χ0) is 14.2. The van der Waals surface area contributed by atoms with Crippen molar-refractivity contribution in [3.8, 4) is 23.0 Å². The van der Waals surface area contributed by atoms with Crippen LogP contribution >= 0.6 is 0 Å². The molecule has 21 heavy (non-hydrogen) atoms.